The van der Waals surface area contributed by atoms with Crippen LogP contribution in [0, 0.1) is 23.4 Å². The lowest BCUT2D eigenvalue weighted by molar-refractivity contribution is 0.169. The largest absolute Gasteiger partial charge is 0.385 e. The van der Waals surface area contributed by atoms with Crippen molar-refractivity contribution in [2.45, 2.75) is 26.3 Å². The number of hydrogen-bond acceptors (Lipinski definition) is 2. The van der Waals surface area contributed by atoms with Crippen molar-refractivity contribution in [3.05, 3.63) is 35.1 Å². The summed E-state index contributed by atoms with van der Waals surface area (Å²) < 4.78 is 45.6. The normalized spacial score (nSPS) is 14.4. The van der Waals surface area contributed by atoms with Gasteiger partial charge in [0.15, 0.2) is 0 Å². The Balaban J connectivity index is 3.04. The van der Waals surface area contributed by atoms with Gasteiger partial charge in [0.05, 0.1) is 0 Å². The molecule has 0 aliphatic rings. The van der Waals surface area contributed by atoms with E-state index in [-0.39, 0.29) is 11.5 Å². The van der Waals surface area contributed by atoms with Crippen LogP contribution in [0.4, 0.5) is 13.2 Å². The fraction of sp³-hybridized carbons (Fsp3) is 0.571. The smallest absolute Gasteiger partial charge is 0.133 e. The molecule has 19 heavy (non-hydrogen) atoms. The molecule has 5 heteroatoms. The molecule has 1 aromatic carbocycles. The van der Waals surface area contributed by atoms with E-state index in [4.69, 9.17) is 4.74 Å². The Morgan fingerprint density at radius 2 is 1.79 bits per heavy atom. The summed E-state index contributed by atoms with van der Waals surface area (Å²) in [5.74, 6) is -2.65. The Morgan fingerprint density at radius 3 is 2.26 bits per heavy atom. The average Bonchev–Trinajstić information content (AvgIpc) is 2.33. The predicted octanol–water partition coefficient (Wildman–Crippen LogP) is 3.43. The van der Waals surface area contributed by atoms with Crippen LogP contribution in [0.5, 0.6) is 0 Å². The van der Waals surface area contributed by atoms with Crippen molar-refractivity contribution in [2.24, 2.45) is 5.92 Å². The second-order valence-electron chi connectivity index (χ2n) is 4.58. The van der Waals surface area contributed by atoms with Gasteiger partial charge in [-0.1, -0.05) is 13.8 Å². The molecule has 0 bridgehead atoms. The maximum atomic E-state index is 13.8. The summed E-state index contributed by atoms with van der Waals surface area (Å²) in [4.78, 5) is 0. The highest BCUT2D eigenvalue weighted by Crippen LogP contribution is 2.29. The van der Waals surface area contributed by atoms with E-state index in [1.54, 1.807) is 7.11 Å². The SMILES string of the molecule is CCNC(c1c(F)cc(F)cc1F)C(C)CCOC. The maximum Gasteiger partial charge on any atom is 0.133 e. The van der Waals surface area contributed by atoms with Crippen molar-refractivity contribution in [1.82, 2.24) is 5.32 Å². The lowest BCUT2D eigenvalue weighted by atomic mass is 9.91. The Morgan fingerprint density at radius 1 is 1.21 bits per heavy atom. The summed E-state index contributed by atoms with van der Waals surface area (Å²) >= 11 is 0. The van der Waals surface area contributed by atoms with Crippen LogP contribution in [0.25, 0.3) is 0 Å². The van der Waals surface area contributed by atoms with Crippen LogP contribution < -0.4 is 5.32 Å². The molecular weight excluding hydrogens is 255 g/mol. The first-order valence-electron chi connectivity index (χ1n) is 6.38. The van der Waals surface area contributed by atoms with Crippen LogP contribution in [0.1, 0.15) is 31.9 Å². The van der Waals surface area contributed by atoms with E-state index in [9.17, 15) is 13.2 Å². The van der Waals surface area contributed by atoms with Gasteiger partial charge in [0.2, 0.25) is 0 Å². The van der Waals surface area contributed by atoms with Gasteiger partial charge < -0.3 is 10.1 Å². The summed E-state index contributed by atoms with van der Waals surface area (Å²) in [5, 5.41) is 3.05. The molecule has 0 fully saturated rings. The molecule has 0 aliphatic heterocycles. The fourth-order valence-electron chi connectivity index (χ4n) is 2.13. The molecule has 0 radical (unpaired) electrons. The first kappa shape index (κ1) is 16.0. The van der Waals surface area contributed by atoms with Crippen molar-refractivity contribution in [2.75, 3.05) is 20.3 Å². The molecule has 2 unspecified atom stereocenters. The van der Waals surface area contributed by atoms with Gasteiger partial charge in [-0.25, -0.2) is 13.2 Å². The summed E-state index contributed by atoms with van der Waals surface area (Å²) in [7, 11) is 1.58. The van der Waals surface area contributed by atoms with Crippen LogP contribution in [0.15, 0.2) is 12.1 Å². The van der Waals surface area contributed by atoms with Crippen molar-refractivity contribution in [3.8, 4) is 0 Å². The molecule has 0 amide bonds. The minimum Gasteiger partial charge on any atom is -0.385 e. The minimum absolute atomic E-state index is 0.0330. The van der Waals surface area contributed by atoms with E-state index in [1.165, 1.54) is 0 Å². The van der Waals surface area contributed by atoms with Gasteiger partial charge in [0, 0.05) is 37.5 Å². The molecule has 0 heterocycles. The first-order chi connectivity index (χ1) is 9.01. The number of nitrogens with one attached hydrogen (secondary N) is 1. The third-order valence-corrected chi connectivity index (χ3v) is 3.13. The molecule has 0 aromatic heterocycles. The molecule has 0 saturated carbocycles. The predicted molar refractivity (Wildman–Crippen MR) is 68.4 cm³/mol. The Hall–Kier alpha value is -1.07. The van der Waals surface area contributed by atoms with Gasteiger partial charge in [-0.2, -0.15) is 0 Å². The second kappa shape index (κ2) is 7.50. The Labute approximate surface area is 112 Å². The molecular formula is C14H20F3NO. The van der Waals surface area contributed by atoms with E-state index < -0.39 is 23.5 Å². The van der Waals surface area contributed by atoms with Gasteiger partial charge in [-0.3, -0.25) is 0 Å². The van der Waals surface area contributed by atoms with Crippen molar-refractivity contribution < 1.29 is 17.9 Å². The number of methoxy groups -OCH3 is 1. The number of halogens is 3. The lowest BCUT2D eigenvalue weighted by Gasteiger charge is -2.26. The molecule has 2 atom stereocenters. The van der Waals surface area contributed by atoms with Crippen LogP contribution in [-0.2, 0) is 4.74 Å². The molecule has 108 valence electrons. The second-order valence-corrected chi connectivity index (χ2v) is 4.58. The van der Waals surface area contributed by atoms with E-state index >= 15 is 0 Å². The molecule has 0 aliphatic carbocycles. The maximum absolute atomic E-state index is 13.8. The molecule has 0 saturated heterocycles. The molecule has 1 rings (SSSR count). The van der Waals surface area contributed by atoms with Crippen LogP contribution >= 0.6 is 0 Å². The summed E-state index contributed by atoms with van der Waals surface area (Å²) in [6, 6.07) is 0.929. The first-order valence-corrected chi connectivity index (χ1v) is 6.38. The van der Waals surface area contributed by atoms with Crippen LogP contribution in [0.3, 0.4) is 0 Å². The number of ether oxygens (including phenoxy) is 1. The zero-order valence-corrected chi connectivity index (χ0v) is 11.5. The summed E-state index contributed by atoms with van der Waals surface area (Å²) in [6.07, 6.45) is 0.657. The third-order valence-electron chi connectivity index (χ3n) is 3.13. The highest BCUT2D eigenvalue weighted by molar-refractivity contribution is 5.25. The van der Waals surface area contributed by atoms with Gasteiger partial charge >= 0.3 is 0 Å². The third kappa shape index (κ3) is 4.21. The standard InChI is InChI=1S/C14H20F3NO/c1-4-18-14(9(2)5-6-19-3)13-11(16)7-10(15)8-12(13)17/h7-9,14,18H,4-6H2,1-3H3. The van der Waals surface area contributed by atoms with E-state index in [0.717, 1.165) is 0 Å². The van der Waals surface area contributed by atoms with E-state index in [0.29, 0.717) is 31.7 Å². The summed E-state index contributed by atoms with van der Waals surface area (Å²) in [5.41, 5.74) is -0.105. The quantitative estimate of drug-likeness (QED) is 0.823. The zero-order valence-electron chi connectivity index (χ0n) is 11.5. The highest BCUT2D eigenvalue weighted by Gasteiger charge is 2.25. The van der Waals surface area contributed by atoms with Crippen LogP contribution in [-0.4, -0.2) is 20.3 Å². The number of rotatable bonds is 7. The zero-order chi connectivity index (χ0) is 14.4. The highest BCUT2D eigenvalue weighted by atomic mass is 19.1. The number of benzene rings is 1. The topological polar surface area (TPSA) is 21.3 Å². The average molecular weight is 275 g/mol. The monoisotopic (exact) mass is 275 g/mol. The molecule has 1 N–H and O–H groups in total. The lowest BCUT2D eigenvalue weighted by Crippen LogP contribution is -2.29. The molecule has 2 nitrogen and oxygen atoms in total. The summed E-state index contributed by atoms with van der Waals surface area (Å²) in [6.45, 7) is 4.82. The molecule has 1 aromatic rings. The minimum atomic E-state index is -0.904. The fourth-order valence-corrected chi connectivity index (χ4v) is 2.13. The van der Waals surface area contributed by atoms with E-state index in [2.05, 4.69) is 5.32 Å². The van der Waals surface area contributed by atoms with Gasteiger partial charge in [0.1, 0.15) is 17.5 Å². The van der Waals surface area contributed by atoms with Gasteiger partial charge in [-0.05, 0) is 18.9 Å². The van der Waals surface area contributed by atoms with Crippen LogP contribution in [0.2, 0.25) is 0 Å². The van der Waals surface area contributed by atoms with Crippen molar-refractivity contribution in [1.29, 1.82) is 0 Å². The number of hydrogen-bond donors (Lipinski definition) is 1. The van der Waals surface area contributed by atoms with Gasteiger partial charge in [-0.15, -0.1) is 0 Å². The van der Waals surface area contributed by atoms with Crippen molar-refractivity contribution >= 4 is 0 Å². The van der Waals surface area contributed by atoms with Gasteiger partial charge in [0.25, 0.3) is 0 Å². The Kier molecular flexibility index (Phi) is 6.31. The van der Waals surface area contributed by atoms with Crippen molar-refractivity contribution in [3.63, 3.8) is 0 Å². The van der Waals surface area contributed by atoms with E-state index in [1.807, 2.05) is 13.8 Å². The Bertz CT molecular complexity index is 389. The molecule has 0 spiro atoms.